The van der Waals surface area contributed by atoms with Gasteiger partial charge in [0.1, 0.15) is 0 Å². The van der Waals surface area contributed by atoms with Crippen LogP contribution in [-0.2, 0) is 14.4 Å². The third-order valence-electron chi connectivity index (χ3n) is 11.4. The summed E-state index contributed by atoms with van der Waals surface area (Å²) < 4.78 is 0. The highest BCUT2D eigenvalue weighted by molar-refractivity contribution is 6.00. The van der Waals surface area contributed by atoms with Crippen LogP contribution in [0.5, 0.6) is 0 Å². The largest absolute Gasteiger partial charge is 0.481 e. The molecule has 3 unspecified atom stereocenters. The normalized spacial score (nSPS) is 44.1. The Labute approximate surface area is 220 Å². The van der Waals surface area contributed by atoms with E-state index in [9.17, 15) is 29.7 Å². The van der Waals surface area contributed by atoms with Crippen LogP contribution in [0, 0.1) is 39.4 Å². The Morgan fingerprint density at radius 3 is 2.27 bits per heavy atom. The number of carboxylic acids is 1. The van der Waals surface area contributed by atoms with E-state index in [0.29, 0.717) is 36.8 Å². The molecule has 0 bridgehead atoms. The molecule has 37 heavy (non-hydrogen) atoms. The predicted molar refractivity (Wildman–Crippen MR) is 138 cm³/mol. The average Bonchev–Trinajstić information content (AvgIpc) is 2.99. The van der Waals surface area contributed by atoms with Gasteiger partial charge in [-0.25, -0.2) is 0 Å². The van der Waals surface area contributed by atoms with Gasteiger partial charge in [-0.2, -0.15) is 0 Å². The number of carbonyl (C=O) groups excluding carboxylic acids is 2. The van der Waals surface area contributed by atoms with Crippen molar-refractivity contribution in [3.8, 4) is 0 Å². The van der Waals surface area contributed by atoms with E-state index in [1.807, 2.05) is 34.6 Å². The van der Waals surface area contributed by atoms with Crippen molar-refractivity contribution in [1.82, 2.24) is 0 Å². The van der Waals surface area contributed by atoms with Crippen molar-refractivity contribution in [3.63, 3.8) is 0 Å². The monoisotopic (exact) mass is 516 g/mol. The Morgan fingerprint density at radius 1 is 1.05 bits per heavy atom. The van der Waals surface area contributed by atoms with Gasteiger partial charge in [0.05, 0.1) is 24.2 Å². The first kappa shape index (κ1) is 28.2. The van der Waals surface area contributed by atoms with E-state index in [1.54, 1.807) is 0 Å². The molecule has 0 aromatic heterocycles. The number of carboxylic acid groups (broad SMARTS) is 1. The van der Waals surface area contributed by atoms with Crippen LogP contribution < -0.4 is 0 Å². The lowest BCUT2D eigenvalue weighted by molar-refractivity contribution is -0.142. The Bertz CT molecular complexity index is 1090. The molecule has 0 aromatic rings. The minimum atomic E-state index is -1.02. The Balaban J connectivity index is 1.79. The molecule has 0 heterocycles. The van der Waals surface area contributed by atoms with Gasteiger partial charge >= 0.3 is 5.97 Å². The predicted octanol–water partition coefficient (Wildman–Crippen LogP) is 3.84. The summed E-state index contributed by atoms with van der Waals surface area (Å²) >= 11 is 0. The second kappa shape index (κ2) is 8.85. The number of rotatable bonds is 5. The highest BCUT2D eigenvalue weighted by atomic mass is 16.4. The van der Waals surface area contributed by atoms with Gasteiger partial charge in [-0.1, -0.05) is 47.1 Å². The summed E-state index contributed by atoms with van der Waals surface area (Å²) in [5.41, 5.74) is -0.477. The quantitative estimate of drug-likeness (QED) is 0.408. The molecule has 9 atom stereocenters. The molecule has 7 nitrogen and oxygen atoms in total. The summed E-state index contributed by atoms with van der Waals surface area (Å²) in [7, 11) is 0. The number of hydrogen-bond acceptors (Lipinski definition) is 6. The first-order chi connectivity index (χ1) is 16.9. The summed E-state index contributed by atoms with van der Waals surface area (Å²) in [6, 6.07) is 0. The molecule has 4 rings (SSSR count). The zero-order valence-electron chi connectivity index (χ0n) is 23.3. The lowest BCUT2D eigenvalue weighted by atomic mass is 9.42. The molecule has 0 saturated heterocycles. The number of fused-ring (bicyclic) bond motifs is 4. The molecule has 0 radical (unpaired) electrons. The Morgan fingerprint density at radius 2 is 1.68 bits per heavy atom. The fourth-order valence-electron chi connectivity index (χ4n) is 8.96. The van der Waals surface area contributed by atoms with E-state index >= 15 is 0 Å². The van der Waals surface area contributed by atoms with Crippen LogP contribution in [0.4, 0.5) is 0 Å². The molecule has 4 aliphatic rings. The first-order valence-electron chi connectivity index (χ1n) is 13.7. The summed E-state index contributed by atoms with van der Waals surface area (Å²) in [6.45, 7) is 13.4. The highest BCUT2D eigenvalue weighted by Crippen LogP contribution is 2.71. The number of aliphatic hydroxyl groups excluding tert-OH is 3. The van der Waals surface area contributed by atoms with E-state index in [0.717, 1.165) is 5.57 Å². The van der Waals surface area contributed by atoms with Crippen molar-refractivity contribution < 1.29 is 34.8 Å². The second-order valence-corrected chi connectivity index (χ2v) is 13.7. The second-order valence-electron chi connectivity index (χ2n) is 13.7. The van der Waals surface area contributed by atoms with Gasteiger partial charge in [-0.05, 0) is 72.3 Å². The summed E-state index contributed by atoms with van der Waals surface area (Å²) in [6.07, 6.45) is 1.39. The standard InChI is InChI=1S/C30H44O7/c1-15(10-17(31)11-16(2)26(36)37)18-12-23(35)30(7)25-19(32)13-21-27(3,4)22(34)8-9-28(21,5)24(25)20(33)14-29(18,30)6/h10,16,18-19,21-23,32,34-35H,8-9,11-14H2,1-7H3,(H,36,37)/b15-10+/t16?,18-,19+,21+,22?,23?,28+,29-,30+/m1/s1. The van der Waals surface area contributed by atoms with Gasteiger partial charge in [0.25, 0.3) is 0 Å². The van der Waals surface area contributed by atoms with Gasteiger partial charge < -0.3 is 20.4 Å². The van der Waals surface area contributed by atoms with Crippen LogP contribution in [0.15, 0.2) is 22.8 Å². The molecule has 0 amide bonds. The molecule has 206 valence electrons. The number of Topliss-reactive ketones (excluding diaryl/α,β-unsaturated/α-hetero) is 1. The van der Waals surface area contributed by atoms with Crippen LogP contribution in [0.3, 0.4) is 0 Å². The van der Waals surface area contributed by atoms with Crippen LogP contribution >= 0.6 is 0 Å². The highest BCUT2D eigenvalue weighted by Gasteiger charge is 2.69. The van der Waals surface area contributed by atoms with Gasteiger partial charge in [-0.3, -0.25) is 14.4 Å². The molecule has 0 spiro atoms. The molecule has 0 aliphatic heterocycles. The average molecular weight is 517 g/mol. The van der Waals surface area contributed by atoms with Crippen molar-refractivity contribution in [2.75, 3.05) is 0 Å². The smallest absolute Gasteiger partial charge is 0.306 e. The molecular weight excluding hydrogens is 472 g/mol. The number of allylic oxidation sites excluding steroid dienone is 3. The third-order valence-corrected chi connectivity index (χ3v) is 11.4. The first-order valence-corrected chi connectivity index (χ1v) is 13.7. The minimum Gasteiger partial charge on any atom is -0.481 e. The van der Waals surface area contributed by atoms with Gasteiger partial charge in [0, 0.05) is 23.8 Å². The maximum atomic E-state index is 14.1. The number of ketones is 2. The molecule has 0 aromatic carbocycles. The topological polar surface area (TPSA) is 132 Å². The summed E-state index contributed by atoms with van der Waals surface area (Å²) in [5, 5.41) is 43.2. The molecule has 2 fully saturated rings. The van der Waals surface area contributed by atoms with Gasteiger partial charge in [0.2, 0.25) is 0 Å². The maximum absolute atomic E-state index is 14.1. The molecule has 2 saturated carbocycles. The molecule has 7 heteroatoms. The van der Waals surface area contributed by atoms with Gasteiger partial charge in [-0.15, -0.1) is 0 Å². The number of carbonyl (C=O) groups is 3. The molecule has 4 aliphatic carbocycles. The number of hydrogen-bond donors (Lipinski definition) is 4. The SMILES string of the molecule is C/C(=C\C(=O)CC(C)C(=O)O)[C@H]1CC(O)[C@@]2(C)C3=C(C(=O)C[C@]12C)[C@@]1(C)CCC(O)C(C)(C)[C@@H]1C[C@@H]3O. The van der Waals surface area contributed by atoms with E-state index in [4.69, 9.17) is 5.11 Å². The third kappa shape index (κ3) is 3.82. The zero-order chi connectivity index (χ0) is 27.9. The summed E-state index contributed by atoms with van der Waals surface area (Å²) in [5.74, 6) is -2.44. The summed E-state index contributed by atoms with van der Waals surface area (Å²) in [4.78, 5) is 37.9. The van der Waals surface area contributed by atoms with E-state index in [-0.39, 0.29) is 36.2 Å². The molecule has 4 N–H and O–H groups in total. The van der Waals surface area contributed by atoms with E-state index < -0.39 is 51.9 Å². The zero-order valence-corrected chi connectivity index (χ0v) is 23.3. The van der Waals surface area contributed by atoms with Crippen molar-refractivity contribution in [2.45, 2.75) is 105 Å². The van der Waals surface area contributed by atoms with Gasteiger partial charge in [0.15, 0.2) is 11.6 Å². The van der Waals surface area contributed by atoms with E-state index in [2.05, 4.69) is 6.92 Å². The van der Waals surface area contributed by atoms with E-state index in [1.165, 1.54) is 13.0 Å². The lowest BCUT2D eigenvalue weighted by Crippen LogP contribution is -2.60. The maximum Gasteiger partial charge on any atom is 0.306 e. The minimum absolute atomic E-state index is 0.00820. The van der Waals surface area contributed by atoms with Crippen LogP contribution in [0.2, 0.25) is 0 Å². The van der Waals surface area contributed by atoms with Crippen molar-refractivity contribution >= 4 is 17.5 Å². The fraction of sp³-hybridized carbons (Fsp3) is 0.767. The number of aliphatic carboxylic acids is 1. The van der Waals surface area contributed by atoms with Crippen molar-refractivity contribution in [2.24, 2.45) is 39.4 Å². The molecular formula is C30H44O7. The van der Waals surface area contributed by atoms with Crippen LogP contribution in [0.1, 0.15) is 87.0 Å². The Hall–Kier alpha value is -1.83. The Kier molecular flexibility index (Phi) is 6.74. The van der Waals surface area contributed by atoms with Crippen LogP contribution in [0.25, 0.3) is 0 Å². The number of aliphatic hydroxyl groups is 3. The van der Waals surface area contributed by atoms with Crippen LogP contribution in [-0.4, -0.2) is 56.3 Å². The fourth-order valence-corrected chi connectivity index (χ4v) is 8.96. The van der Waals surface area contributed by atoms with Crippen molar-refractivity contribution in [1.29, 1.82) is 0 Å². The van der Waals surface area contributed by atoms with Crippen molar-refractivity contribution in [3.05, 3.63) is 22.8 Å². The lowest BCUT2D eigenvalue weighted by Gasteiger charge is -2.62.